The second-order valence-corrected chi connectivity index (χ2v) is 9.38. The second kappa shape index (κ2) is 10.4. The summed E-state index contributed by atoms with van der Waals surface area (Å²) >= 11 is 0. The molecule has 0 spiro atoms. The van der Waals surface area contributed by atoms with Crippen molar-refractivity contribution in [3.8, 4) is 0 Å². The first-order valence-corrected chi connectivity index (χ1v) is 11.1. The van der Waals surface area contributed by atoms with E-state index in [2.05, 4.69) is 0 Å². The number of rotatable bonds is 9. The molecule has 0 aliphatic heterocycles. The van der Waals surface area contributed by atoms with Crippen molar-refractivity contribution in [2.24, 2.45) is 0 Å². The fourth-order valence-corrected chi connectivity index (χ4v) is 3.88. The number of hydrogen-bond donors (Lipinski definition) is 0. The molecule has 0 fully saturated rings. The Balaban J connectivity index is 1.93. The number of carbonyl (C=O) groups excluding carboxylic acids is 2. The Morgan fingerprint density at radius 3 is 2.17 bits per heavy atom. The maximum Gasteiger partial charge on any atom is 0.321 e. The number of hydrogen-bond acceptors (Lipinski definition) is 5. The average Bonchev–Trinajstić information content (AvgIpc) is 2.71. The SMILES string of the molecule is Cc1ccc(S(=O)(=O)N(C)CC(=O)OCC(=O)N(Cc2ccccc2)C(C)C)cc1. The number of carbonyl (C=O) groups is 2. The lowest BCUT2D eigenvalue weighted by molar-refractivity contribution is -0.153. The molecule has 2 aromatic rings. The molecule has 0 radical (unpaired) electrons. The number of nitrogens with zero attached hydrogens (tertiary/aromatic N) is 2. The first-order chi connectivity index (χ1) is 14.1. The minimum absolute atomic E-state index is 0.0824. The number of sulfonamides is 1. The fraction of sp³-hybridized carbons (Fsp3) is 0.364. The summed E-state index contributed by atoms with van der Waals surface area (Å²) in [5.74, 6) is -1.13. The molecule has 0 aliphatic carbocycles. The third-order valence-corrected chi connectivity index (χ3v) is 6.39. The molecule has 0 N–H and O–H groups in total. The Kier molecular flexibility index (Phi) is 8.14. The van der Waals surface area contributed by atoms with Gasteiger partial charge in [-0.3, -0.25) is 9.59 Å². The van der Waals surface area contributed by atoms with Crippen LogP contribution in [-0.4, -0.2) is 55.7 Å². The highest BCUT2D eigenvalue weighted by Crippen LogP contribution is 2.15. The smallest absolute Gasteiger partial charge is 0.321 e. The van der Waals surface area contributed by atoms with Gasteiger partial charge in [-0.05, 0) is 38.5 Å². The van der Waals surface area contributed by atoms with Crippen molar-refractivity contribution < 1.29 is 22.7 Å². The number of aryl methyl sites for hydroxylation is 1. The summed E-state index contributed by atoms with van der Waals surface area (Å²) in [4.78, 5) is 26.4. The summed E-state index contributed by atoms with van der Waals surface area (Å²) in [7, 11) is -2.52. The van der Waals surface area contributed by atoms with E-state index in [1.807, 2.05) is 51.1 Å². The Morgan fingerprint density at radius 2 is 1.60 bits per heavy atom. The first kappa shape index (κ1) is 23.6. The maximum absolute atomic E-state index is 12.6. The minimum atomic E-state index is -3.82. The monoisotopic (exact) mass is 432 g/mol. The molecular weight excluding hydrogens is 404 g/mol. The summed E-state index contributed by atoms with van der Waals surface area (Å²) in [5.41, 5.74) is 1.90. The van der Waals surface area contributed by atoms with Gasteiger partial charge in [0.15, 0.2) is 6.61 Å². The van der Waals surface area contributed by atoms with E-state index in [4.69, 9.17) is 4.74 Å². The standard InChI is InChI=1S/C22H28N2O5S/c1-17(2)24(14-19-8-6-5-7-9-19)21(25)16-29-22(26)15-23(4)30(27,28)20-12-10-18(3)11-13-20/h5-13,17H,14-16H2,1-4H3. The molecule has 0 aliphatic rings. The molecule has 0 aromatic heterocycles. The van der Waals surface area contributed by atoms with Crippen molar-refractivity contribution in [2.75, 3.05) is 20.2 Å². The van der Waals surface area contributed by atoms with Crippen LogP contribution in [0, 0.1) is 6.92 Å². The summed E-state index contributed by atoms with van der Waals surface area (Å²) in [6, 6.07) is 15.8. The van der Waals surface area contributed by atoms with Gasteiger partial charge in [-0.15, -0.1) is 0 Å². The maximum atomic E-state index is 12.6. The summed E-state index contributed by atoms with van der Waals surface area (Å²) in [6.45, 7) is 5.09. The van der Waals surface area contributed by atoms with E-state index in [1.165, 1.54) is 19.2 Å². The van der Waals surface area contributed by atoms with Gasteiger partial charge < -0.3 is 9.64 Å². The molecule has 0 saturated heterocycles. The molecule has 30 heavy (non-hydrogen) atoms. The van der Waals surface area contributed by atoms with Crippen LogP contribution >= 0.6 is 0 Å². The molecule has 0 unspecified atom stereocenters. The molecule has 1 amide bonds. The molecule has 0 bridgehead atoms. The molecule has 162 valence electrons. The van der Waals surface area contributed by atoms with E-state index in [1.54, 1.807) is 17.0 Å². The molecule has 2 aromatic carbocycles. The predicted molar refractivity (Wildman–Crippen MR) is 114 cm³/mol. The van der Waals surface area contributed by atoms with Crippen LogP contribution in [0.25, 0.3) is 0 Å². The normalized spacial score (nSPS) is 11.5. The Hall–Kier alpha value is -2.71. The van der Waals surface area contributed by atoms with Crippen molar-refractivity contribution in [1.29, 1.82) is 0 Å². The van der Waals surface area contributed by atoms with Crippen molar-refractivity contribution >= 4 is 21.9 Å². The Morgan fingerprint density at radius 1 is 1.00 bits per heavy atom. The zero-order valence-electron chi connectivity index (χ0n) is 17.7. The van der Waals surface area contributed by atoms with Crippen LogP contribution in [0.1, 0.15) is 25.0 Å². The van der Waals surface area contributed by atoms with Crippen LogP contribution in [0.3, 0.4) is 0 Å². The van der Waals surface area contributed by atoms with Gasteiger partial charge in [0.05, 0.1) is 4.90 Å². The molecule has 8 heteroatoms. The number of likely N-dealkylation sites (N-methyl/N-ethyl adjacent to an activating group) is 1. The molecule has 0 saturated carbocycles. The van der Waals surface area contributed by atoms with Crippen LogP contribution in [0.5, 0.6) is 0 Å². The van der Waals surface area contributed by atoms with E-state index in [0.29, 0.717) is 6.54 Å². The Labute approximate surface area is 178 Å². The predicted octanol–water partition coefficient (Wildman–Crippen LogP) is 2.60. The van der Waals surface area contributed by atoms with Gasteiger partial charge in [0, 0.05) is 19.6 Å². The van der Waals surface area contributed by atoms with Gasteiger partial charge in [-0.2, -0.15) is 4.31 Å². The fourth-order valence-electron chi connectivity index (χ4n) is 2.77. The zero-order chi connectivity index (χ0) is 22.3. The largest absolute Gasteiger partial charge is 0.455 e. The molecule has 0 atom stereocenters. The van der Waals surface area contributed by atoms with Gasteiger partial charge >= 0.3 is 5.97 Å². The lowest BCUT2D eigenvalue weighted by Crippen LogP contribution is -2.40. The van der Waals surface area contributed by atoms with Crippen molar-refractivity contribution in [1.82, 2.24) is 9.21 Å². The third kappa shape index (κ3) is 6.40. The second-order valence-electron chi connectivity index (χ2n) is 7.34. The highest BCUT2D eigenvalue weighted by Gasteiger charge is 2.25. The van der Waals surface area contributed by atoms with E-state index < -0.39 is 29.1 Å². The minimum Gasteiger partial charge on any atom is -0.455 e. The van der Waals surface area contributed by atoms with Crippen LogP contribution in [0.4, 0.5) is 0 Å². The van der Waals surface area contributed by atoms with Crippen LogP contribution < -0.4 is 0 Å². The van der Waals surface area contributed by atoms with E-state index >= 15 is 0 Å². The van der Waals surface area contributed by atoms with Gasteiger partial charge in [-0.25, -0.2) is 8.42 Å². The van der Waals surface area contributed by atoms with Gasteiger partial charge in [0.2, 0.25) is 10.0 Å². The van der Waals surface area contributed by atoms with Crippen LogP contribution in [0.2, 0.25) is 0 Å². The lowest BCUT2D eigenvalue weighted by atomic mass is 10.2. The summed E-state index contributed by atoms with van der Waals surface area (Å²) < 4.78 is 31.1. The van der Waals surface area contributed by atoms with E-state index in [-0.39, 0.29) is 16.8 Å². The van der Waals surface area contributed by atoms with Crippen molar-refractivity contribution in [3.05, 3.63) is 65.7 Å². The summed E-state index contributed by atoms with van der Waals surface area (Å²) in [6.07, 6.45) is 0. The van der Waals surface area contributed by atoms with Crippen LogP contribution in [0.15, 0.2) is 59.5 Å². The van der Waals surface area contributed by atoms with Gasteiger partial charge in [-0.1, -0.05) is 48.0 Å². The lowest BCUT2D eigenvalue weighted by Gasteiger charge is -2.27. The highest BCUT2D eigenvalue weighted by molar-refractivity contribution is 7.89. The van der Waals surface area contributed by atoms with Crippen molar-refractivity contribution in [3.63, 3.8) is 0 Å². The average molecular weight is 433 g/mol. The third-order valence-electron chi connectivity index (χ3n) is 4.58. The Bertz CT molecular complexity index is 957. The highest BCUT2D eigenvalue weighted by atomic mass is 32.2. The molecule has 2 rings (SSSR count). The summed E-state index contributed by atoms with van der Waals surface area (Å²) in [5, 5.41) is 0. The van der Waals surface area contributed by atoms with E-state index in [0.717, 1.165) is 15.4 Å². The molecular formula is C22H28N2O5S. The molecule has 7 nitrogen and oxygen atoms in total. The number of amides is 1. The topological polar surface area (TPSA) is 84.0 Å². The first-order valence-electron chi connectivity index (χ1n) is 9.63. The molecule has 0 heterocycles. The van der Waals surface area contributed by atoms with E-state index in [9.17, 15) is 18.0 Å². The quantitative estimate of drug-likeness (QED) is 0.569. The van der Waals surface area contributed by atoms with Crippen molar-refractivity contribution in [2.45, 2.75) is 38.3 Å². The number of esters is 1. The number of ether oxygens (including phenoxy) is 1. The zero-order valence-corrected chi connectivity index (χ0v) is 18.6. The number of benzene rings is 2. The van der Waals surface area contributed by atoms with Gasteiger partial charge in [0.25, 0.3) is 5.91 Å². The van der Waals surface area contributed by atoms with Gasteiger partial charge in [0.1, 0.15) is 6.54 Å². The van der Waals surface area contributed by atoms with Crippen LogP contribution in [-0.2, 0) is 30.9 Å².